The number of nitrogens with zero attached hydrogens (tertiary/aromatic N) is 1. The summed E-state index contributed by atoms with van der Waals surface area (Å²) in [6.45, 7) is 2.72. The Kier molecular flexibility index (Phi) is 3.66. The van der Waals surface area contributed by atoms with Crippen molar-refractivity contribution in [2.45, 2.75) is 19.9 Å². The van der Waals surface area contributed by atoms with Gasteiger partial charge in [0, 0.05) is 29.7 Å². The first-order chi connectivity index (χ1) is 8.29. The van der Waals surface area contributed by atoms with Crippen LogP contribution < -0.4 is 4.57 Å². The van der Waals surface area contributed by atoms with Crippen LogP contribution in [0.1, 0.15) is 29.3 Å². The molecule has 0 aliphatic carbocycles. The maximum Gasteiger partial charge on any atom is 0.173 e. The van der Waals surface area contributed by atoms with Crippen molar-refractivity contribution in [3.63, 3.8) is 0 Å². The van der Waals surface area contributed by atoms with Gasteiger partial charge in [-0.3, -0.25) is 4.79 Å². The molecule has 0 radical (unpaired) electrons. The number of carbonyl (C=O) groups is 1. The van der Waals surface area contributed by atoms with Gasteiger partial charge in [-0.15, -0.1) is 0 Å². The molecule has 1 aromatic carbocycles. The van der Waals surface area contributed by atoms with E-state index >= 15 is 0 Å². The number of pyridine rings is 1. The minimum atomic E-state index is 0.198. The third-order valence-electron chi connectivity index (χ3n) is 2.74. The van der Waals surface area contributed by atoms with Crippen molar-refractivity contribution in [3.8, 4) is 0 Å². The molecule has 0 aliphatic heterocycles. The smallest absolute Gasteiger partial charge is 0.173 e. The summed E-state index contributed by atoms with van der Waals surface area (Å²) in [6, 6.07) is 13.9. The van der Waals surface area contributed by atoms with Crippen LogP contribution in [-0.2, 0) is 6.54 Å². The number of carbonyl (C=O) groups excluding carboxylic acids is 1. The molecule has 0 aliphatic rings. The Bertz CT molecular complexity index is 488. The van der Waals surface area contributed by atoms with Gasteiger partial charge in [0.25, 0.3) is 0 Å². The quantitative estimate of drug-likeness (QED) is 0.580. The molecule has 2 aromatic rings. The van der Waals surface area contributed by atoms with Gasteiger partial charge in [0.2, 0.25) is 0 Å². The van der Waals surface area contributed by atoms with Gasteiger partial charge in [0.1, 0.15) is 0 Å². The Morgan fingerprint density at radius 2 is 1.71 bits per heavy atom. The third kappa shape index (κ3) is 3.00. The normalized spacial score (nSPS) is 10.2. The number of hydrogen-bond acceptors (Lipinski definition) is 1. The molecule has 0 spiro atoms. The summed E-state index contributed by atoms with van der Waals surface area (Å²) in [5.74, 6) is 0.198. The molecule has 0 amide bonds. The first kappa shape index (κ1) is 11.5. The monoisotopic (exact) mass is 226 g/mol. The molecule has 0 saturated heterocycles. The first-order valence-electron chi connectivity index (χ1n) is 5.86. The van der Waals surface area contributed by atoms with Crippen molar-refractivity contribution in [1.29, 1.82) is 0 Å². The number of hydrogen-bond donors (Lipinski definition) is 0. The Balaban J connectivity index is 2.11. The van der Waals surface area contributed by atoms with Crippen LogP contribution in [0.4, 0.5) is 0 Å². The number of rotatable bonds is 4. The van der Waals surface area contributed by atoms with Gasteiger partial charge in [-0.1, -0.05) is 37.3 Å². The molecule has 2 nitrogen and oxygen atoms in total. The molecule has 1 aromatic heterocycles. The molecule has 0 unspecified atom stereocenters. The molecular weight excluding hydrogens is 210 g/mol. The highest BCUT2D eigenvalue weighted by Crippen LogP contribution is 2.06. The molecule has 17 heavy (non-hydrogen) atoms. The minimum absolute atomic E-state index is 0.198. The Labute approximate surface area is 102 Å². The molecule has 0 N–H and O–H groups in total. The number of aromatic nitrogens is 1. The van der Waals surface area contributed by atoms with Crippen LogP contribution in [-0.4, -0.2) is 5.78 Å². The third-order valence-corrected chi connectivity index (χ3v) is 2.74. The summed E-state index contributed by atoms with van der Waals surface area (Å²) in [5.41, 5.74) is 2.00. The molecule has 1 heterocycles. The average Bonchev–Trinajstić information content (AvgIpc) is 2.40. The summed E-state index contributed by atoms with van der Waals surface area (Å²) in [6.07, 6.45) is 4.63. The SMILES string of the molecule is CCC(=O)c1ccc(C[n+]2ccccc2)cc1. The van der Waals surface area contributed by atoms with Crippen LogP contribution in [0.5, 0.6) is 0 Å². The fourth-order valence-electron chi connectivity index (χ4n) is 1.75. The fraction of sp³-hybridized carbons (Fsp3) is 0.200. The van der Waals surface area contributed by atoms with Gasteiger partial charge < -0.3 is 0 Å². The van der Waals surface area contributed by atoms with Crippen LogP contribution in [0.2, 0.25) is 0 Å². The van der Waals surface area contributed by atoms with E-state index in [1.165, 1.54) is 5.56 Å². The second-order valence-corrected chi connectivity index (χ2v) is 4.02. The molecule has 0 saturated carbocycles. The van der Waals surface area contributed by atoms with Crippen molar-refractivity contribution < 1.29 is 9.36 Å². The van der Waals surface area contributed by atoms with E-state index in [-0.39, 0.29) is 5.78 Å². The van der Waals surface area contributed by atoms with Crippen molar-refractivity contribution in [2.24, 2.45) is 0 Å². The van der Waals surface area contributed by atoms with Crippen molar-refractivity contribution in [2.75, 3.05) is 0 Å². The highest BCUT2D eigenvalue weighted by molar-refractivity contribution is 5.95. The average molecular weight is 226 g/mol. The molecule has 0 atom stereocenters. The molecule has 2 heteroatoms. The van der Waals surface area contributed by atoms with E-state index in [1.54, 1.807) is 0 Å². The zero-order chi connectivity index (χ0) is 12.1. The van der Waals surface area contributed by atoms with E-state index in [0.717, 1.165) is 12.1 Å². The van der Waals surface area contributed by atoms with Crippen molar-refractivity contribution in [1.82, 2.24) is 0 Å². The summed E-state index contributed by atoms with van der Waals surface area (Å²) >= 11 is 0. The lowest BCUT2D eigenvalue weighted by Gasteiger charge is -2.00. The summed E-state index contributed by atoms with van der Waals surface area (Å²) in [5, 5.41) is 0. The van der Waals surface area contributed by atoms with E-state index in [0.29, 0.717) is 6.42 Å². The molecule has 0 bridgehead atoms. The minimum Gasteiger partial charge on any atom is -0.294 e. The lowest BCUT2D eigenvalue weighted by molar-refractivity contribution is -0.688. The summed E-state index contributed by atoms with van der Waals surface area (Å²) < 4.78 is 2.11. The number of ketones is 1. The highest BCUT2D eigenvalue weighted by atomic mass is 16.1. The van der Waals surface area contributed by atoms with Crippen LogP contribution >= 0.6 is 0 Å². The lowest BCUT2D eigenvalue weighted by Crippen LogP contribution is -2.32. The van der Waals surface area contributed by atoms with Crippen molar-refractivity contribution >= 4 is 5.78 Å². The fourth-order valence-corrected chi connectivity index (χ4v) is 1.75. The van der Waals surface area contributed by atoms with E-state index in [4.69, 9.17) is 0 Å². The first-order valence-corrected chi connectivity index (χ1v) is 5.86. The number of Topliss-reactive ketones (excluding diaryl/α,β-unsaturated/α-hetero) is 1. The van der Waals surface area contributed by atoms with Crippen LogP contribution in [0.25, 0.3) is 0 Å². The van der Waals surface area contributed by atoms with Crippen molar-refractivity contribution in [3.05, 3.63) is 66.0 Å². The maximum absolute atomic E-state index is 11.5. The van der Waals surface area contributed by atoms with E-state index in [1.807, 2.05) is 61.8 Å². The summed E-state index contributed by atoms with van der Waals surface area (Å²) in [7, 11) is 0. The van der Waals surface area contributed by atoms with Gasteiger partial charge >= 0.3 is 0 Å². The van der Waals surface area contributed by atoms with Crippen LogP contribution in [0, 0.1) is 0 Å². The number of benzene rings is 1. The Morgan fingerprint density at radius 1 is 1.06 bits per heavy atom. The van der Waals surface area contributed by atoms with Crippen LogP contribution in [0.3, 0.4) is 0 Å². The van der Waals surface area contributed by atoms with Gasteiger partial charge in [0.05, 0.1) is 0 Å². The lowest BCUT2D eigenvalue weighted by atomic mass is 10.1. The summed E-state index contributed by atoms with van der Waals surface area (Å²) in [4.78, 5) is 11.5. The van der Waals surface area contributed by atoms with Gasteiger partial charge in [-0.05, 0) is 0 Å². The predicted molar refractivity (Wildman–Crippen MR) is 66.8 cm³/mol. The molecule has 2 rings (SSSR count). The van der Waals surface area contributed by atoms with E-state index < -0.39 is 0 Å². The zero-order valence-corrected chi connectivity index (χ0v) is 9.97. The van der Waals surface area contributed by atoms with E-state index in [2.05, 4.69) is 4.57 Å². The second-order valence-electron chi connectivity index (χ2n) is 4.02. The largest absolute Gasteiger partial charge is 0.294 e. The Hall–Kier alpha value is -1.96. The van der Waals surface area contributed by atoms with Gasteiger partial charge in [0.15, 0.2) is 24.7 Å². The molecule has 86 valence electrons. The molecular formula is C15H16NO+. The van der Waals surface area contributed by atoms with Crippen LogP contribution in [0.15, 0.2) is 54.9 Å². The standard InChI is InChI=1S/C15H16NO/c1-2-15(17)14-8-6-13(7-9-14)12-16-10-4-3-5-11-16/h3-11H,2,12H2,1H3/q+1. The maximum atomic E-state index is 11.5. The van der Waals surface area contributed by atoms with Gasteiger partial charge in [-0.25, -0.2) is 4.57 Å². The second kappa shape index (κ2) is 5.39. The predicted octanol–water partition coefficient (Wildman–Crippen LogP) is 2.62. The highest BCUT2D eigenvalue weighted by Gasteiger charge is 2.04. The zero-order valence-electron chi connectivity index (χ0n) is 9.97. The Morgan fingerprint density at radius 3 is 2.29 bits per heavy atom. The molecule has 0 fully saturated rings. The topological polar surface area (TPSA) is 20.9 Å². The van der Waals surface area contributed by atoms with E-state index in [9.17, 15) is 4.79 Å². The van der Waals surface area contributed by atoms with Gasteiger partial charge in [-0.2, -0.15) is 0 Å².